The Kier molecular flexibility index (Phi) is 3.14. The van der Waals surface area contributed by atoms with Crippen molar-refractivity contribution in [2.75, 3.05) is 0 Å². The number of aromatic nitrogens is 5. The summed E-state index contributed by atoms with van der Waals surface area (Å²) in [6.45, 7) is 3.91. The molecule has 0 bridgehead atoms. The van der Waals surface area contributed by atoms with E-state index in [9.17, 15) is 5.26 Å². The molecule has 6 heteroatoms. The average Bonchev–Trinajstić information content (AvgIpc) is 3.17. The zero-order valence-corrected chi connectivity index (χ0v) is 13.3. The predicted molar refractivity (Wildman–Crippen MR) is 89.7 cm³/mol. The molecule has 0 aromatic carbocycles. The summed E-state index contributed by atoms with van der Waals surface area (Å²) in [5.74, 6) is 0.772. The molecular formula is C18H14N6. The first-order chi connectivity index (χ1) is 11.7. The van der Waals surface area contributed by atoms with Gasteiger partial charge in [-0.2, -0.15) is 5.26 Å². The van der Waals surface area contributed by atoms with Crippen molar-refractivity contribution in [3.63, 3.8) is 0 Å². The van der Waals surface area contributed by atoms with Crippen molar-refractivity contribution in [2.45, 2.75) is 13.8 Å². The molecular weight excluding hydrogens is 300 g/mol. The summed E-state index contributed by atoms with van der Waals surface area (Å²) in [4.78, 5) is 13.4. The highest BCUT2D eigenvalue weighted by molar-refractivity contribution is 5.56. The molecule has 0 N–H and O–H groups in total. The third kappa shape index (κ3) is 2.23. The Labute approximate surface area is 138 Å². The molecule has 4 heterocycles. The Morgan fingerprint density at radius 2 is 1.88 bits per heavy atom. The lowest BCUT2D eigenvalue weighted by molar-refractivity contribution is 1.01. The molecule has 4 aromatic heterocycles. The molecule has 4 rings (SSSR count). The van der Waals surface area contributed by atoms with Gasteiger partial charge in [0.15, 0.2) is 5.82 Å². The van der Waals surface area contributed by atoms with E-state index in [1.165, 1.54) is 0 Å². The second kappa shape index (κ2) is 5.32. The molecule has 0 aliphatic carbocycles. The van der Waals surface area contributed by atoms with Gasteiger partial charge in [-0.3, -0.25) is 8.97 Å². The van der Waals surface area contributed by atoms with Gasteiger partial charge in [-0.1, -0.05) is 6.07 Å². The normalized spacial score (nSPS) is 10.9. The summed E-state index contributed by atoms with van der Waals surface area (Å²) in [7, 11) is 0. The Morgan fingerprint density at radius 1 is 1.00 bits per heavy atom. The predicted octanol–water partition coefficient (Wildman–Crippen LogP) is 3.07. The minimum Gasteiger partial charge on any atom is -0.297 e. The largest absolute Gasteiger partial charge is 0.297 e. The second-order valence-corrected chi connectivity index (χ2v) is 5.61. The van der Waals surface area contributed by atoms with Crippen molar-refractivity contribution < 1.29 is 0 Å². The number of aryl methyl sites for hydroxylation is 2. The van der Waals surface area contributed by atoms with Crippen LogP contribution in [0.1, 0.15) is 17.1 Å². The highest BCUT2D eigenvalue weighted by atomic mass is 15.1. The minimum atomic E-state index is 0.499. The van der Waals surface area contributed by atoms with Gasteiger partial charge in [0.2, 0.25) is 0 Å². The highest BCUT2D eigenvalue weighted by Gasteiger charge is 2.13. The van der Waals surface area contributed by atoms with E-state index in [2.05, 4.69) is 21.0 Å². The summed E-state index contributed by atoms with van der Waals surface area (Å²) in [6.07, 6.45) is 5.42. The van der Waals surface area contributed by atoms with E-state index in [4.69, 9.17) is 0 Å². The van der Waals surface area contributed by atoms with E-state index >= 15 is 0 Å². The van der Waals surface area contributed by atoms with Crippen molar-refractivity contribution in [3.05, 3.63) is 66.0 Å². The van der Waals surface area contributed by atoms with Crippen molar-refractivity contribution in [1.82, 2.24) is 23.9 Å². The van der Waals surface area contributed by atoms with E-state index in [1.54, 1.807) is 10.6 Å². The molecule has 6 nitrogen and oxygen atoms in total. The maximum absolute atomic E-state index is 9.21. The van der Waals surface area contributed by atoms with Crippen LogP contribution in [0.3, 0.4) is 0 Å². The summed E-state index contributed by atoms with van der Waals surface area (Å²) in [5, 5.41) is 9.21. The third-order valence-electron chi connectivity index (χ3n) is 3.83. The number of hydrogen-bond acceptors (Lipinski definition) is 4. The Morgan fingerprint density at radius 3 is 2.67 bits per heavy atom. The molecule has 0 atom stereocenters. The van der Waals surface area contributed by atoms with Crippen LogP contribution in [0.2, 0.25) is 0 Å². The molecule has 0 aliphatic heterocycles. The van der Waals surface area contributed by atoms with Crippen LogP contribution in [-0.4, -0.2) is 23.9 Å². The molecule has 0 fully saturated rings. The maximum atomic E-state index is 9.21. The number of rotatable bonds is 2. The first-order valence-electron chi connectivity index (χ1n) is 7.53. The summed E-state index contributed by atoms with van der Waals surface area (Å²) in [6, 6.07) is 11.9. The quantitative estimate of drug-likeness (QED) is 0.570. The van der Waals surface area contributed by atoms with Gasteiger partial charge in [0, 0.05) is 18.1 Å². The van der Waals surface area contributed by atoms with Crippen LogP contribution < -0.4 is 0 Å². The van der Waals surface area contributed by atoms with Crippen LogP contribution >= 0.6 is 0 Å². The van der Waals surface area contributed by atoms with Gasteiger partial charge in [-0.25, -0.2) is 15.0 Å². The number of imidazole rings is 2. The highest BCUT2D eigenvalue weighted by Crippen LogP contribution is 2.22. The SMILES string of the molecule is Cc1cccc(-c2nc(C)cn2-c2ccc3ncc(C#N)n3c2)n1. The fourth-order valence-electron chi connectivity index (χ4n) is 2.74. The fraction of sp³-hybridized carbons (Fsp3) is 0.111. The van der Waals surface area contributed by atoms with Crippen LogP contribution in [0.25, 0.3) is 22.9 Å². The monoisotopic (exact) mass is 314 g/mol. The van der Waals surface area contributed by atoms with Gasteiger partial charge in [0.1, 0.15) is 23.1 Å². The van der Waals surface area contributed by atoms with Gasteiger partial charge in [-0.05, 0) is 38.1 Å². The molecule has 4 aromatic rings. The van der Waals surface area contributed by atoms with Gasteiger partial charge in [-0.15, -0.1) is 0 Å². The first kappa shape index (κ1) is 14.2. The fourth-order valence-corrected chi connectivity index (χ4v) is 2.74. The number of nitriles is 1. The van der Waals surface area contributed by atoms with Crippen molar-refractivity contribution in [1.29, 1.82) is 5.26 Å². The summed E-state index contributed by atoms with van der Waals surface area (Å²) < 4.78 is 3.76. The smallest absolute Gasteiger partial charge is 0.163 e. The van der Waals surface area contributed by atoms with Gasteiger partial charge in [0.05, 0.1) is 17.6 Å². The van der Waals surface area contributed by atoms with Crippen LogP contribution in [0.5, 0.6) is 0 Å². The number of hydrogen-bond donors (Lipinski definition) is 0. The Balaban J connectivity index is 1.93. The summed E-state index contributed by atoms with van der Waals surface area (Å²) in [5.41, 5.74) is 4.79. The van der Waals surface area contributed by atoms with Crippen LogP contribution in [0.15, 0.2) is 48.9 Å². The average molecular weight is 314 g/mol. The van der Waals surface area contributed by atoms with Crippen molar-refractivity contribution >= 4 is 5.65 Å². The maximum Gasteiger partial charge on any atom is 0.163 e. The third-order valence-corrected chi connectivity index (χ3v) is 3.83. The first-order valence-corrected chi connectivity index (χ1v) is 7.53. The molecule has 0 amide bonds. The van der Waals surface area contributed by atoms with E-state index in [0.717, 1.165) is 34.2 Å². The standard InChI is InChI=1S/C18H14N6/c1-12-4-3-5-16(21-12)18-22-13(2)10-24(18)14-6-7-17-20-9-15(8-19)23(17)11-14/h3-7,9-11H,1-2H3. The van der Waals surface area contributed by atoms with Gasteiger partial charge in [0.25, 0.3) is 0 Å². The Hall–Kier alpha value is -3.46. The van der Waals surface area contributed by atoms with Crippen molar-refractivity contribution in [2.24, 2.45) is 0 Å². The molecule has 0 radical (unpaired) electrons. The van der Waals surface area contributed by atoms with Gasteiger partial charge < -0.3 is 0 Å². The number of fused-ring (bicyclic) bond motifs is 1. The van der Waals surface area contributed by atoms with Crippen molar-refractivity contribution in [3.8, 4) is 23.3 Å². The summed E-state index contributed by atoms with van der Waals surface area (Å²) >= 11 is 0. The lowest BCUT2D eigenvalue weighted by Crippen LogP contribution is -2.00. The number of nitrogens with zero attached hydrogens (tertiary/aromatic N) is 6. The van der Waals surface area contributed by atoms with E-state index in [0.29, 0.717) is 5.69 Å². The molecule has 0 aliphatic rings. The molecule has 116 valence electrons. The van der Waals surface area contributed by atoms with E-state index < -0.39 is 0 Å². The lowest BCUT2D eigenvalue weighted by atomic mass is 10.3. The zero-order chi connectivity index (χ0) is 16.7. The van der Waals surface area contributed by atoms with Crippen LogP contribution in [0.4, 0.5) is 0 Å². The second-order valence-electron chi connectivity index (χ2n) is 5.61. The topological polar surface area (TPSA) is 71.8 Å². The minimum absolute atomic E-state index is 0.499. The molecule has 24 heavy (non-hydrogen) atoms. The van der Waals surface area contributed by atoms with E-state index in [-0.39, 0.29) is 0 Å². The van der Waals surface area contributed by atoms with E-state index in [1.807, 2.05) is 61.1 Å². The Bertz CT molecular complexity index is 1100. The molecule has 0 saturated carbocycles. The molecule has 0 spiro atoms. The van der Waals surface area contributed by atoms with Crippen LogP contribution in [-0.2, 0) is 0 Å². The van der Waals surface area contributed by atoms with Crippen LogP contribution in [0, 0.1) is 25.2 Å². The lowest BCUT2D eigenvalue weighted by Gasteiger charge is -2.08. The van der Waals surface area contributed by atoms with Gasteiger partial charge >= 0.3 is 0 Å². The number of pyridine rings is 2. The zero-order valence-electron chi connectivity index (χ0n) is 13.3. The molecule has 0 unspecified atom stereocenters. The molecule has 0 saturated heterocycles.